The summed E-state index contributed by atoms with van der Waals surface area (Å²) in [6, 6.07) is 3.88. The molecule has 0 saturated heterocycles. The molecule has 8 heteroatoms. The molecule has 102 valence electrons. The molecule has 1 amide bonds. The first-order chi connectivity index (χ1) is 8.81. The molecular formula is C11H10BrNO6. The van der Waals surface area contributed by atoms with E-state index in [0.717, 1.165) is 6.07 Å². The maximum absolute atomic E-state index is 12.0. The summed E-state index contributed by atoms with van der Waals surface area (Å²) < 4.78 is 0.368. The molecule has 0 bridgehead atoms. The number of carbonyl (C=O) groups excluding carboxylic acids is 1. The maximum atomic E-state index is 12.0. The van der Waals surface area contributed by atoms with Crippen LogP contribution in [0.25, 0.3) is 0 Å². The van der Waals surface area contributed by atoms with Crippen LogP contribution in [0.5, 0.6) is 5.75 Å². The van der Waals surface area contributed by atoms with Crippen molar-refractivity contribution >= 4 is 33.8 Å². The molecule has 1 rings (SSSR count). The SMILES string of the molecule is O=C(O)CN(CC(=O)O)C(=O)c1ccc(Br)c(O)c1. The Morgan fingerprint density at radius 1 is 1.11 bits per heavy atom. The van der Waals surface area contributed by atoms with Crippen LogP contribution in [0.15, 0.2) is 22.7 Å². The highest BCUT2D eigenvalue weighted by Gasteiger charge is 2.21. The second-order valence-electron chi connectivity index (χ2n) is 3.61. The first-order valence-electron chi connectivity index (χ1n) is 5.02. The van der Waals surface area contributed by atoms with Gasteiger partial charge in [0, 0.05) is 5.56 Å². The quantitative estimate of drug-likeness (QED) is 0.733. The van der Waals surface area contributed by atoms with Crippen molar-refractivity contribution in [1.82, 2.24) is 4.90 Å². The molecule has 3 N–H and O–H groups in total. The number of benzene rings is 1. The molecular weight excluding hydrogens is 322 g/mol. The lowest BCUT2D eigenvalue weighted by Crippen LogP contribution is -2.39. The Kier molecular flexibility index (Phi) is 4.87. The van der Waals surface area contributed by atoms with E-state index in [1.165, 1.54) is 12.1 Å². The minimum Gasteiger partial charge on any atom is -0.507 e. The first-order valence-corrected chi connectivity index (χ1v) is 5.82. The number of amides is 1. The Hall–Kier alpha value is -2.09. The number of hydrogen-bond donors (Lipinski definition) is 3. The Morgan fingerprint density at radius 3 is 2.05 bits per heavy atom. The highest BCUT2D eigenvalue weighted by atomic mass is 79.9. The molecule has 0 aliphatic carbocycles. The highest BCUT2D eigenvalue weighted by molar-refractivity contribution is 9.10. The van der Waals surface area contributed by atoms with Crippen molar-refractivity contribution in [2.45, 2.75) is 0 Å². The van der Waals surface area contributed by atoms with Crippen LogP contribution in [0.3, 0.4) is 0 Å². The highest BCUT2D eigenvalue weighted by Crippen LogP contribution is 2.24. The van der Waals surface area contributed by atoms with Crippen LogP contribution in [-0.4, -0.2) is 51.2 Å². The van der Waals surface area contributed by atoms with Crippen molar-refractivity contribution in [3.63, 3.8) is 0 Å². The van der Waals surface area contributed by atoms with Crippen molar-refractivity contribution in [1.29, 1.82) is 0 Å². The predicted molar refractivity (Wildman–Crippen MR) is 67.0 cm³/mol. The lowest BCUT2D eigenvalue weighted by atomic mass is 10.2. The fraction of sp³-hybridized carbons (Fsp3) is 0.182. The van der Waals surface area contributed by atoms with E-state index in [1.54, 1.807) is 0 Å². The van der Waals surface area contributed by atoms with Crippen LogP contribution in [0, 0.1) is 0 Å². The van der Waals surface area contributed by atoms with E-state index < -0.39 is 30.9 Å². The number of hydrogen-bond acceptors (Lipinski definition) is 4. The fourth-order valence-electron chi connectivity index (χ4n) is 1.35. The molecule has 0 atom stereocenters. The van der Waals surface area contributed by atoms with E-state index in [4.69, 9.17) is 10.2 Å². The summed E-state index contributed by atoms with van der Waals surface area (Å²) in [6.45, 7) is -1.47. The zero-order chi connectivity index (χ0) is 14.6. The van der Waals surface area contributed by atoms with Crippen LogP contribution >= 0.6 is 15.9 Å². The third-order valence-electron chi connectivity index (χ3n) is 2.13. The number of carbonyl (C=O) groups is 3. The number of halogens is 1. The number of phenols is 1. The molecule has 0 heterocycles. The van der Waals surface area contributed by atoms with Gasteiger partial charge in [0.1, 0.15) is 18.8 Å². The normalized spacial score (nSPS) is 9.95. The molecule has 0 radical (unpaired) electrons. The Morgan fingerprint density at radius 2 is 1.63 bits per heavy atom. The average Bonchev–Trinajstić information content (AvgIpc) is 2.29. The number of aromatic hydroxyl groups is 1. The summed E-state index contributed by atoms with van der Waals surface area (Å²) in [6.07, 6.45) is 0. The van der Waals surface area contributed by atoms with Crippen LogP contribution in [-0.2, 0) is 9.59 Å². The molecule has 0 aromatic heterocycles. The zero-order valence-electron chi connectivity index (χ0n) is 9.54. The monoisotopic (exact) mass is 331 g/mol. The van der Waals surface area contributed by atoms with Gasteiger partial charge in [0.05, 0.1) is 4.47 Å². The summed E-state index contributed by atoms with van der Waals surface area (Å²) >= 11 is 3.03. The van der Waals surface area contributed by atoms with Gasteiger partial charge in [-0.1, -0.05) is 0 Å². The van der Waals surface area contributed by atoms with E-state index >= 15 is 0 Å². The molecule has 0 aliphatic heterocycles. The Bertz CT molecular complexity index is 514. The summed E-state index contributed by atoms with van der Waals surface area (Å²) in [5.41, 5.74) is 0.00296. The molecule has 0 aliphatic rings. The average molecular weight is 332 g/mol. The largest absolute Gasteiger partial charge is 0.507 e. The fourth-order valence-corrected chi connectivity index (χ4v) is 1.60. The zero-order valence-corrected chi connectivity index (χ0v) is 11.1. The van der Waals surface area contributed by atoms with Gasteiger partial charge in [-0.15, -0.1) is 0 Å². The summed E-state index contributed by atoms with van der Waals surface area (Å²) in [7, 11) is 0. The molecule has 0 unspecified atom stereocenters. The van der Waals surface area contributed by atoms with Gasteiger partial charge in [0.2, 0.25) is 0 Å². The van der Waals surface area contributed by atoms with E-state index in [9.17, 15) is 19.5 Å². The minimum atomic E-state index is -1.32. The van der Waals surface area contributed by atoms with Crippen molar-refractivity contribution in [2.24, 2.45) is 0 Å². The van der Waals surface area contributed by atoms with Gasteiger partial charge < -0.3 is 20.2 Å². The van der Waals surface area contributed by atoms with Gasteiger partial charge in [0.25, 0.3) is 5.91 Å². The summed E-state index contributed by atoms with van der Waals surface area (Å²) in [4.78, 5) is 33.8. The number of aliphatic carboxylic acids is 2. The number of carboxylic acid groups (broad SMARTS) is 2. The molecule has 19 heavy (non-hydrogen) atoms. The van der Waals surface area contributed by atoms with Crippen molar-refractivity contribution in [3.8, 4) is 5.75 Å². The third-order valence-corrected chi connectivity index (χ3v) is 2.80. The van der Waals surface area contributed by atoms with Crippen LogP contribution in [0.4, 0.5) is 0 Å². The van der Waals surface area contributed by atoms with Gasteiger partial charge in [0.15, 0.2) is 0 Å². The second-order valence-corrected chi connectivity index (χ2v) is 4.47. The number of carboxylic acids is 2. The second kappa shape index (κ2) is 6.19. The number of rotatable bonds is 5. The molecule has 1 aromatic rings. The van der Waals surface area contributed by atoms with Gasteiger partial charge in [-0.2, -0.15) is 0 Å². The first kappa shape index (κ1) is 15.0. The van der Waals surface area contributed by atoms with Gasteiger partial charge in [-0.05, 0) is 34.1 Å². The number of nitrogens with zero attached hydrogens (tertiary/aromatic N) is 1. The minimum absolute atomic E-state index is 0.00296. The van der Waals surface area contributed by atoms with Gasteiger partial charge in [-0.3, -0.25) is 14.4 Å². The van der Waals surface area contributed by atoms with Crippen molar-refractivity contribution < 1.29 is 29.7 Å². The lowest BCUT2D eigenvalue weighted by molar-refractivity contribution is -0.140. The molecule has 7 nitrogen and oxygen atoms in total. The molecule has 0 spiro atoms. The molecule has 1 aromatic carbocycles. The van der Waals surface area contributed by atoms with Gasteiger partial charge in [-0.25, -0.2) is 0 Å². The summed E-state index contributed by atoms with van der Waals surface area (Å²) in [5.74, 6) is -3.63. The Labute approximate surface area is 116 Å². The van der Waals surface area contributed by atoms with Crippen LogP contribution in [0.2, 0.25) is 0 Å². The van der Waals surface area contributed by atoms with Gasteiger partial charge >= 0.3 is 11.9 Å². The summed E-state index contributed by atoms with van der Waals surface area (Å²) in [5, 5.41) is 26.7. The van der Waals surface area contributed by atoms with Crippen molar-refractivity contribution in [3.05, 3.63) is 28.2 Å². The third kappa shape index (κ3) is 4.25. The topological polar surface area (TPSA) is 115 Å². The molecule has 0 fully saturated rings. The predicted octanol–water partition coefficient (Wildman–Crippen LogP) is 0.766. The van der Waals surface area contributed by atoms with Crippen LogP contribution < -0.4 is 0 Å². The maximum Gasteiger partial charge on any atom is 0.323 e. The number of phenolic OH excluding ortho intramolecular Hbond substituents is 1. The van der Waals surface area contributed by atoms with E-state index in [0.29, 0.717) is 9.37 Å². The Balaban J connectivity index is 3.00. The van der Waals surface area contributed by atoms with Crippen molar-refractivity contribution in [2.75, 3.05) is 13.1 Å². The smallest absolute Gasteiger partial charge is 0.323 e. The molecule has 0 saturated carbocycles. The lowest BCUT2D eigenvalue weighted by Gasteiger charge is -2.18. The van der Waals surface area contributed by atoms with E-state index in [1.807, 2.05) is 0 Å². The van der Waals surface area contributed by atoms with E-state index in [-0.39, 0.29) is 11.3 Å². The van der Waals surface area contributed by atoms with Crippen LogP contribution in [0.1, 0.15) is 10.4 Å². The standard InChI is InChI=1S/C11H10BrNO6/c12-7-2-1-6(3-8(7)14)11(19)13(4-9(15)16)5-10(17)18/h1-3,14H,4-5H2,(H,15,16)(H,17,18). The van der Waals surface area contributed by atoms with E-state index in [2.05, 4.69) is 15.9 Å².